The summed E-state index contributed by atoms with van der Waals surface area (Å²) in [5.74, 6) is 0.509. The first-order chi connectivity index (χ1) is 9.66. The first-order valence-electron chi connectivity index (χ1n) is 6.23. The molecule has 3 rings (SSSR count). The number of nitrogens with zero attached hydrogens (tertiary/aromatic N) is 3. The summed E-state index contributed by atoms with van der Waals surface area (Å²) < 4.78 is 1.44. The average Bonchev–Trinajstić information content (AvgIpc) is 2.82. The van der Waals surface area contributed by atoms with E-state index < -0.39 is 0 Å². The lowest BCUT2D eigenvalue weighted by Gasteiger charge is -2.05. The molecule has 0 atom stereocenters. The summed E-state index contributed by atoms with van der Waals surface area (Å²) in [5, 5.41) is 18.0. The minimum absolute atomic E-state index is 0.111. The zero-order valence-electron chi connectivity index (χ0n) is 11.0. The number of benzene rings is 2. The number of hydrogen-bond acceptors (Lipinski definition) is 4. The molecule has 5 nitrogen and oxygen atoms in total. The number of para-hydroxylation sites is 2. The smallest absolute Gasteiger partial charge is 0.156 e. The van der Waals surface area contributed by atoms with Crippen LogP contribution in [0.5, 0.6) is 5.75 Å². The average molecular weight is 266 g/mol. The van der Waals surface area contributed by atoms with Crippen LogP contribution in [0.2, 0.25) is 0 Å². The highest BCUT2D eigenvalue weighted by Gasteiger charge is 2.14. The predicted octanol–water partition coefficient (Wildman–Crippen LogP) is 2.53. The molecule has 0 radical (unpaired) electrons. The van der Waals surface area contributed by atoms with Gasteiger partial charge in [0.05, 0.1) is 0 Å². The third kappa shape index (κ3) is 1.99. The van der Waals surface area contributed by atoms with E-state index in [2.05, 4.69) is 10.3 Å². The monoisotopic (exact) mass is 266 g/mol. The molecular weight excluding hydrogens is 252 g/mol. The summed E-state index contributed by atoms with van der Waals surface area (Å²) in [6.45, 7) is 2.02. The molecule has 3 N–H and O–H groups in total. The molecule has 0 unspecified atom stereocenters. The Morgan fingerprint density at radius 3 is 2.45 bits per heavy atom. The number of aromatic nitrogens is 3. The lowest BCUT2D eigenvalue weighted by Crippen LogP contribution is -2.02. The molecule has 0 saturated carbocycles. The van der Waals surface area contributed by atoms with Crippen LogP contribution in [-0.4, -0.2) is 20.1 Å². The fourth-order valence-electron chi connectivity index (χ4n) is 2.03. The Hall–Kier alpha value is -2.82. The number of phenols is 1. The van der Waals surface area contributed by atoms with Gasteiger partial charge >= 0.3 is 0 Å². The van der Waals surface area contributed by atoms with Crippen molar-refractivity contribution < 1.29 is 5.11 Å². The maximum atomic E-state index is 9.86. The second-order valence-electron chi connectivity index (χ2n) is 4.59. The Morgan fingerprint density at radius 2 is 1.75 bits per heavy atom. The molecular formula is C15H14N4O. The van der Waals surface area contributed by atoms with E-state index in [-0.39, 0.29) is 5.75 Å². The molecule has 5 heteroatoms. The van der Waals surface area contributed by atoms with Gasteiger partial charge in [-0.1, -0.05) is 47.2 Å². The summed E-state index contributed by atoms with van der Waals surface area (Å²) in [6, 6.07) is 14.8. The Balaban J connectivity index is 2.09. The maximum Gasteiger partial charge on any atom is 0.156 e. The van der Waals surface area contributed by atoms with Gasteiger partial charge in [0.2, 0.25) is 0 Å². The van der Waals surface area contributed by atoms with E-state index in [9.17, 15) is 5.11 Å². The third-order valence-corrected chi connectivity index (χ3v) is 3.14. The van der Waals surface area contributed by atoms with Gasteiger partial charge in [-0.25, -0.2) is 0 Å². The molecule has 3 aromatic rings. The Bertz CT molecular complexity index is 747. The van der Waals surface area contributed by atoms with Gasteiger partial charge in [-0.15, -0.1) is 5.10 Å². The lowest BCUT2D eigenvalue weighted by atomic mass is 10.1. The van der Waals surface area contributed by atoms with Crippen LogP contribution in [0.4, 0.5) is 5.82 Å². The second-order valence-corrected chi connectivity index (χ2v) is 4.59. The van der Waals surface area contributed by atoms with E-state index in [0.29, 0.717) is 17.2 Å². The van der Waals surface area contributed by atoms with Gasteiger partial charge in [-0.2, -0.15) is 4.68 Å². The number of phenolic OH excluding ortho intramolecular Hbond substituents is 1. The van der Waals surface area contributed by atoms with Gasteiger partial charge in [0.15, 0.2) is 5.82 Å². The van der Waals surface area contributed by atoms with Crippen LogP contribution in [-0.2, 0) is 0 Å². The topological polar surface area (TPSA) is 77.0 Å². The molecule has 0 aliphatic carbocycles. The number of nitrogen functional groups attached to an aromatic ring is 1. The number of hydrogen-bond donors (Lipinski definition) is 2. The van der Waals surface area contributed by atoms with E-state index >= 15 is 0 Å². The van der Waals surface area contributed by atoms with Crippen molar-refractivity contribution >= 4 is 5.82 Å². The van der Waals surface area contributed by atoms with Gasteiger partial charge in [0.25, 0.3) is 0 Å². The molecule has 0 aliphatic heterocycles. The van der Waals surface area contributed by atoms with Crippen molar-refractivity contribution in [3.8, 4) is 22.7 Å². The number of anilines is 1. The van der Waals surface area contributed by atoms with Crippen LogP contribution in [0.15, 0.2) is 48.5 Å². The van der Waals surface area contributed by atoms with Crippen molar-refractivity contribution in [2.75, 3.05) is 5.73 Å². The normalized spacial score (nSPS) is 10.7. The molecule has 1 aromatic heterocycles. The van der Waals surface area contributed by atoms with Gasteiger partial charge in [0, 0.05) is 5.56 Å². The lowest BCUT2D eigenvalue weighted by molar-refractivity contribution is 0.470. The molecule has 0 aliphatic rings. The summed E-state index contributed by atoms with van der Waals surface area (Å²) >= 11 is 0. The second kappa shape index (κ2) is 4.70. The van der Waals surface area contributed by atoms with Crippen LogP contribution < -0.4 is 5.73 Å². The van der Waals surface area contributed by atoms with E-state index in [0.717, 1.165) is 5.56 Å². The fourth-order valence-corrected chi connectivity index (χ4v) is 2.03. The highest BCUT2D eigenvalue weighted by molar-refractivity contribution is 5.71. The Morgan fingerprint density at radius 1 is 1.05 bits per heavy atom. The number of aromatic hydroxyl groups is 1. The van der Waals surface area contributed by atoms with Crippen molar-refractivity contribution in [1.82, 2.24) is 15.0 Å². The van der Waals surface area contributed by atoms with E-state index in [4.69, 9.17) is 5.73 Å². The third-order valence-electron chi connectivity index (χ3n) is 3.14. The van der Waals surface area contributed by atoms with E-state index in [1.54, 1.807) is 18.2 Å². The minimum atomic E-state index is 0.111. The molecule has 20 heavy (non-hydrogen) atoms. The van der Waals surface area contributed by atoms with E-state index in [1.807, 2.05) is 37.3 Å². The van der Waals surface area contributed by atoms with E-state index in [1.165, 1.54) is 10.2 Å². The SMILES string of the molecule is Cc1ccc(-c2nnn(-c3ccccc3O)c2N)cc1. The first-order valence-corrected chi connectivity index (χ1v) is 6.23. The van der Waals surface area contributed by atoms with Crippen LogP contribution >= 0.6 is 0 Å². The fraction of sp³-hybridized carbons (Fsp3) is 0.0667. The highest BCUT2D eigenvalue weighted by Crippen LogP contribution is 2.28. The maximum absolute atomic E-state index is 9.86. The molecule has 0 bridgehead atoms. The first kappa shape index (κ1) is 12.2. The quantitative estimate of drug-likeness (QED) is 0.747. The number of rotatable bonds is 2. The molecule has 0 spiro atoms. The molecule has 0 amide bonds. The van der Waals surface area contributed by atoms with Crippen LogP contribution in [0, 0.1) is 6.92 Å². The van der Waals surface area contributed by atoms with Crippen molar-refractivity contribution in [3.05, 3.63) is 54.1 Å². The summed E-state index contributed by atoms with van der Waals surface area (Å²) in [6.07, 6.45) is 0. The zero-order valence-corrected chi connectivity index (χ0v) is 11.0. The zero-order chi connectivity index (χ0) is 14.1. The van der Waals surface area contributed by atoms with Gasteiger partial charge < -0.3 is 10.8 Å². The predicted molar refractivity (Wildman–Crippen MR) is 77.6 cm³/mol. The van der Waals surface area contributed by atoms with Gasteiger partial charge in [-0.05, 0) is 19.1 Å². The Labute approximate surface area is 116 Å². The number of nitrogens with two attached hydrogens (primary N) is 1. The van der Waals surface area contributed by atoms with Gasteiger partial charge in [-0.3, -0.25) is 0 Å². The van der Waals surface area contributed by atoms with Crippen molar-refractivity contribution in [2.45, 2.75) is 6.92 Å². The van der Waals surface area contributed by atoms with Crippen LogP contribution in [0.25, 0.3) is 16.9 Å². The summed E-state index contributed by atoms with van der Waals surface area (Å²) in [5.41, 5.74) is 9.28. The summed E-state index contributed by atoms with van der Waals surface area (Å²) in [7, 11) is 0. The largest absolute Gasteiger partial charge is 0.506 e. The van der Waals surface area contributed by atoms with Gasteiger partial charge in [0.1, 0.15) is 17.1 Å². The molecule has 100 valence electrons. The van der Waals surface area contributed by atoms with Crippen molar-refractivity contribution in [3.63, 3.8) is 0 Å². The standard InChI is InChI=1S/C15H14N4O/c1-10-6-8-11(9-7-10)14-15(16)19(18-17-14)12-4-2-3-5-13(12)20/h2-9,20H,16H2,1H3. The molecule has 0 fully saturated rings. The Kier molecular flexibility index (Phi) is 2.87. The van der Waals surface area contributed by atoms with Crippen LogP contribution in [0.1, 0.15) is 5.56 Å². The highest BCUT2D eigenvalue weighted by atomic mass is 16.3. The van der Waals surface area contributed by atoms with Crippen molar-refractivity contribution in [2.24, 2.45) is 0 Å². The van der Waals surface area contributed by atoms with Crippen molar-refractivity contribution in [1.29, 1.82) is 0 Å². The number of aryl methyl sites for hydroxylation is 1. The van der Waals surface area contributed by atoms with Crippen LogP contribution in [0.3, 0.4) is 0 Å². The summed E-state index contributed by atoms with van der Waals surface area (Å²) in [4.78, 5) is 0. The molecule has 2 aromatic carbocycles. The molecule has 0 saturated heterocycles. The minimum Gasteiger partial charge on any atom is -0.506 e. The molecule has 1 heterocycles.